The van der Waals surface area contributed by atoms with Gasteiger partial charge in [-0.05, 0) is 40.5 Å². The van der Waals surface area contributed by atoms with E-state index in [4.69, 9.17) is 4.52 Å². The molecule has 0 aromatic carbocycles. The van der Waals surface area contributed by atoms with Gasteiger partial charge in [0.15, 0.2) is 15.7 Å². The second-order valence-electron chi connectivity index (χ2n) is 6.40. The highest BCUT2D eigenvalue weighted by molar-refractivity contribution is 7.92. The first-order chi connectivity index (χ1) is 9.26. The molecule has 6 heteroatoms. The third-order valence-corrected chi connectivity index (χ3v) is 7.10. The normalized spacial score (nSPS) is 18.6. The van der Waals surface area contributed by atoms with Crippen molar-refractivity contribution in [1.82, 2.24) is 10.1 Å². The fourth-order valence-corrected chi connectivity index (χ4v) is 4.22. The van der Waals surface area contributed by atoms with Gasteiger partial charge in [-0.2, -0.15) is 4.98 Å². The molecular formula is C14H24N2O3S. The Morgan fingerprint density at radius 2 is 1.80 bits per heavy atom. The zero-order chi connectivity index (χ0) is 15.0. The molecule has 0 radical (unpaired) electrons. The van der Waals surface area contributed by atoms with Gasteiger partial charge in [0.1, 0.15) is 4.75 Å². The molecular weight excluding hydrogens is 276 g/mol. The SMILES string of the molecule is CC(C)S(=O)(=O)C(C)(C)c1nc(C2CCCCC2)no1. The largest absolute Gasteiger partial charge is 0.338 e. The maximum absolute atomic E-state index is 12.4. The van der Waals surface area contributed by atoms with E-state index in [0.29, 0.717) is 11.7 Å². The number of rotatable bonds is 4. The van der Waals surface area contributed by atoms with Crippen LogP contribution in [0.1, 0.15) is 77.4 Å². The molecule has 20 heavy (non-hydrogen) atoms. The van der Waals surface area contributed by atoms with Crippen LogP contribution in [-0.2, 0) is 14.6 Å². The monoisotopic (exact) mass is 300 g/mol. The lowest BCUT2D eigenvalue weighted by atomic mass is 9.89. The number of aromatic nitrogens is 2. The topological polar surface area (TPSA) is 73.1 Å². The Labute approximate surface area is 121 Å². The third kappa shape index (κ3) is 2.62. The van der Waals surface area contributed by atoms with Crippen molar-refractivity contribution in [2.24, 2.45) is 0 Å². The zero-order valence-electron chi connectivity index (χ0n) is 12.7. The van der Waals surface area contributed by atoms with Gasteiger partial charge in [-0.25, -0.2) is 8.42 Å². The molecule has 2 rings (SSSR count). The van der Waals surface area contributed by atoms with Crippen molar-refractivity contribution in [3.63, 3.8) is 0 Å². The van der Waals surface area contributed by atoms with Gasteiger partial charge in [0.25, 0.3) is 0 Å². The second-order valence-corrected chi connectivity index (χ2v) is 9.45. The van der Waals surface area contributed by atoms with Crippen molar-refractivity contribution in [2.75, 3.05) is 0 Å². The molecule has 1 aromatic rings. The quantitative estimate of drug-likeness (QED) is 0.854. The van der Waals surface area contributed by atoms with Gasteiger partial charge >= 0.3 is 0 Å². The van der Waals surface area contributed by atoms with Gasteiger partial charge in [-0.1, -0.05) is 24.4 Å². The van der Waals surface area contributed by atoms with Crippen LogP contribution in [0.15, 0.2) is 4.52 Å². The Morgan fingerprint density at radius 3 is 2.35 bits per heavy atom. The molecule has 0 unspecified atom stereocenters. The summed E-state index contributed by atoms with van der Waals surface area (Å²) in [5.41, 5.74) is 0. The van der Waals surface area contributed by atoms with Crippen LogP contribution in [0.2, 0.25) is 0 Å². The van der Waals surface area contributed by atoms with Gasteiger partial charge in [0, 0.05) is 5.92 Å². The van der Waals surface area contributed by atoms with Gasteiger partial charge in [0.2, 0.25) is 5.89 Å². The molecule has 1 fully saturated rings. The molecule has 1 saturated carbocycles. The predicted molar refractivity (Wildman–Crippen MR) is 77.2 cm³/mol. The molecule has 0 spiro atoms. The van der Waals surface area contributed by atoms with Crippen LogP contribution < -0.4 is 0 Å². The average molecular weight is 300 g/mol. The smallest absolute Gasteiger partial charge is 0.247 e. The van der Waals surface area contributed by atoms with Gasteiger partial charge in [-0.3, -0.25) is 0 Å². The lowest BCUT2D eigenvalue weighted by Gasteiger charge is -2.23. The fraction of sp³-hybridized carbons (Fsp3) is 0.857. The van der Waals surface area contributed by atoms with Crippen LogP contribution in [0.3, 0.4) is 0 Å². The summed E-state index contributed by atoms with van der Waals surface area (Å²) in [6.07, 6.45) is 5.76. The summed E-state index contributed by atoms with van der Waals surface area (Å²) >= 11 is 0. The van der Waals surface area contributed by atoms with Gasteiger partial charge in [-0.15, -0.1) is 0 Å². The molecule has 1 heterocycles. The molecule has 1 aliphatic carbocycles. The maximum Gasteiger partial charge on any atom is 0.247 e. The predicted octanol–water partition coefficient (Wildman–Crippen LogP) is 3.18. The standard InChI is InChI=1S/C14H24N2O3S/c1-10(2)20(17,18)14(3,4)13-15-12(16-19-13)11-8-6-5-7-9-11/h10-11H,5-9H2,1-4H3. The first-order valence-electron chi connectivity index (χ1n) is 7.34. The van der Waals surface area contributed by atoms with Crippen LogP contribution in [0.4, 0.5) is 0 Å². The van der Waals surface area contributed by atoms with E-state index >= 15 is 0 Å². The molecule has 0 amide bonds. The molecule has 0 bridgehead atoms. The molecule has 0 N–H and O–H groups in total. The van der Waals surface area contributed by atoms with Crippen LogP contribution in [-0.4, -0.2) is 23.8 Å². The Morgan fingerprint density at radius 1 is 1.20 bits per heavy atom. The lowest BCUT2D eigenvalue weighted by Crippen LogP contribution is -2.35. The summed E-state index contributed by atoms with van der Waals surface area (Å²) in [5, 5.41) is 3.56. The summed E-state index contributed by atoms with van der Waals surface area (Å²) in [6.45, 7) is 6.63. The minimum absolute atomic E-state index is 0.215. The molecule has 1 aliphatic rings. The van der Waals surface area contributed by atoms with Crippen LogP contribution in [0, 0.1) is 0 Å². The third-order valence-electron chi connectivity index (χ3n) is 4.26. The number of hydrogen-bond donors (Lipinski definition) is 0. The number of hydrogen-bond acceptors (Lipinski definition) is 5. The first-order valence-corrected chi connectivity index (χ1v) is 8.89. The van der Waals surface area contributed by atoms with E-state index in [0.717, 1.165) is 12.8 Å². The lowest BCUT2D eigenvalue weighted by molar-refractivity contribution is 0.335. The van der Waals surface area contributed by atoms with E-state index < -0.39 is 19.8 Å². The van der Waals surface area contributed by atoms with E-state index in [9.17, 15) is 8.42 Å². The highest BCUT2D eigenvalue weighted by Gasteiger charge is 2.43. The highest BCUT2D eigenvalue weighted by Crippen LogP contribution is 2.35. The van der Waals surface area contributed by atoms with E-state index in [-0.39, 0.29) is 5.89 Å². The maximum atomic E-state index is 12.4. The van der Waals surface area contributed by atoms with Crippen LogP contribution >= 0.6 is 0 Å². The molecule has 114 valence electrons. The Hall–Kier alpha value is -0.910. The van der Waals surface area contributed by atoms with Crippen molar-refractivity contribution < 1.29 is 12.9 Å². The summed E-state index contributed by atoms with van der Waals surface area (Å²) in [5.74, 6) is 1.21. The van der Waals surface area contributed by atoms with Crippen molar-refractivity contribution in [3.8, 4) is 0 Å². The van der Waals surface area contributed by atoms with E-state index in [1.807, 2.05) is 0 Å². The molecule has 1 aromatic heterocycles. The average Bonchev–Trinajstić information content (AvgIpc) is 2.89. The van der Waals surface area contributed by atoms with Crippen molar-refractivity contribution in [3.05, 3.63) is 11.7 Å². The summed E-state index contributed by atoms with van der Waals surface area (Å²) < 4.78 is 29.0. The molecule has 0 aliphatic heterocycles. The van der Waals surface area contributed by atoms with Gasteiger partial charge < -0.3 is 4.52 Å². The first kappa shape index (κ1) is 15.5. The number of nitrogens with zero attached hydrogens (tertiary/aromatic N) is 2. The molecule has 0 atom stereocenters. The Kier molecular flexibility index (Phi) is 4.23. The minimum Gasteiger partial charge on any atom is -0.338 e. The fourth-order valence-electron chi connectivity index (χ4n) is 2.72. The van der Waals surface area contributed by atoms with E-state index in [1.54, 1.807) is 27.7 Å². The Balaban J connectivity index is 2.28. The second kappa shape index (κ2) is 5.47. The Bertz CT molecular complexity index is 555. The molecule has 0 saturated heterocycles. The van der Waals surface area contributed by atoms with Crippen molar-refractivity contribution in [1.29, 1.82) is 0 Å². The number of sulfone groups is 1. The van der Waals surface area contributed by atoms with E-state index in [1.165, 1.54) is 19.3 Å². The summed E-state index contributed by atoms with van der Waals surface area (Å²) in [6, 6.07) is 0. The van der Waals surface area contributed by atoms with Crippen LogP contribution in [0.5, 0.6) is 0 Å². The van der Waals surface area contributed by atoms with Gasteiger partial charge in [0.05, 0.1) is 5.25 Å². The minimum atomic E-state index is -3.34. The van der Waals surface area contributed by atoms with Crippen molar-refractivity contribution >= 4 is 9.84 Å². The van der Waals surface area contributed by atoms with E-state index in [2.05, 4.69) is 10.1 Å². The highest BCUT2D eigenvalue weighted by atomic mass is 32.2. The van der Waals surface area contributed by atoms with Crippen molar-refractivity contribution in [2.45, 2.75) is 75.7 Å². The summed E-state index contributed by atoms with van der Waals surface area (Å²) in [7, 11) is -3.34. The van der Waals surface area contributed by atoms with Crippen LogP contribution in [0.25, 0.3) is 0 Å². The summed E-state index contributed by atoms with van der Waals surface area (Å²) in [4.78, 5) is 4.40. The molecule has 5 nitrogen and oxygen atoms in total. The zero-order valence-corrected chi connectivity index (χ0v) is 13.5.